The average Bonchev–Trinajstić information content (AvgIpc) is 2.24. The molecule has 1 rings (SSSR count). The predicted molar refractivity (Wildman–Crippen MR) is 55.8 cm³/mol. The molecule has 1 atom stereocenters. The summed E-state index contributed by atoms with van der Waals surface area (Å²) >= 11 is 0. The van der Waals surface area contributed by atoms with Crippen LogP contribution in [0.3, 0.4) is 0 Å². The molecular formula is C9H10FNO5S. The summed E-state index contributed by atoms with van der Waals surface area (Å²) in [6.45, 7) is 0. The summed E-state index contributed by atoms with van der Waals surface area (Å²) in [6.07, 6.45) is -0.0360. The Morgan fingerprint density at radius 2 is 2.00 bits per heavy atom. The SMILES string of the molecule is O=C(O)[C@H](Cc1ccccc1)NOS(=O)(=O)F. The van der Waals surface area contributed by atoms with Crippen molar-refractivity contribution < 1.29 is 26.5 Å². The molecule has 1 aromatic carbocycles. The first-order valence-electron chi connectivity index (χ1n) is 4.54. The van der Waals surface area contributed by atoms with E-state index in [2.05, 4.69) is 4.28 Å². The number of hydroxylamine groups is 1. The molecule has 0 aliphatic carbocycles. The van der Waals surface area contributed by atoms with Gasteiger partial charge in [0, 0.05) is 6.42 Å². The normalized spacial score (nSPS) is 13.2. The van der Waals surface area contributed by atoms with Crippen LogP contribution < -0.4 is 5.48 Å². The second-order valence-electron chi connectivity index (χ2n) is 3.17. The Bertz CT molecular complexity index is 475. The number of halogens is 1. The molecule has 0 aliphatic heterocycles. The Hall–Kier alpha value is -1.51. The summed E-state index contributed by atoms with van der Waals surface area (Å²) in [5.41, 5.74) is 2.29. The first-order chi connectivity index (χ1) is 7.88. The number of carboxylic acid groups (broad SMARTS) is 1. The molecule has 0 aliphatic rings. The molecule has 0 aromatic heterocycles. The third-order valence-electron chi connectivity index (χ3n) is 1.87. The highest BCUT2D eigenvalue weighted by Crippen LogP contribution is 2.04. The second kappa shape index (κ2) is 5.71. The molecule has 0 radical (unpaired) electrons. The highest BCUT2D eigenvalue weighted by Gasteiger charge is 2.21. The molecule has 94 valence electrons. The van der Waals surface area contributed by atoms with Crippen molar-refractivity contribution in [2.24, 2.45) is 0 Å². The number of benzene rings is 1. The summed E-state index contributed by atoms with van der Waals surface area (Å²) in [4.78, 5) is 10.8. The lowest BCUT2D eigenvalue weighted by molar-refractivity contribution is -0.141. The van der Waals surface area contributed by atoms with Crippen molar-refractivity contribution in [3.05, 3.63) is 35.9 Å². The minimum atomic E-state index is -5.22. The standard InChI is InChI=1S/C9H10FNO5S/c10-17(14,15)16-11-8(9(12)13)6-7-4-2-1-3-5-7/h1-5,8,11H,6H2,(H,12,13)/t8-/m0/s1. The summed E-state index contributed by atoms with van der Waals surface area (Å²) < 4.78 is 35.8. The Kier molecular flexibility index (Phi) is 4.55. The van der Waals surface area contributed by atoms with Gasteiger partial charge in [0.2, 0.25) is 0 Å². The van der Waals surface area contributed by atoms with Crippen molar-refractivity contribution in [1.29, 1.82) is 0 Å². The van der Waals surface area contributed by atoms with Crippen LogP contribution >= 0.6 is 0 Å². The Morgan fingerprint density at radius 3 is 2.47 bits per heavy atom. The van der Waals surface area contributed by atoms with E-state index in [0.717, 1.165) is 0 Å². The van der Waals surface area contributed by atoms with Crippen LogP contribution in [0.15, 0.2) is 30.3 Å². The third-order valence-corrected chi connectivity index (χ3v) is 2.17. The molecule has 0 saturated heterocycles. The molecule has 17 heavy (non-hydrogen) atoms. The van der Waals surface area contributed by atoms with Crippen LogP contribution in [-0.4, -0.2) is 25.5 Å². The van der Waals surface area contributed by atoms with Gasteiger partial charge in [0.05, 0.1) is 0 Å². The van der Waals surface area contributed by atoms with Crippen molar-refractivity contribution in [1.82, 2.24) is 5.48 Å². The van der Waals surface area contributed by atoms with Gasteiger partial charge in [0.1, 0.15) is 6.04 Å². The lowest BCUT2D eigenvalue weighted by atomic mass is 10.1. The van der Waals surface area contributed by atoms with Crippen LogP contribution in [-0.2, 0) is 26.0 Å². The lowest BCUT2D eigenvalue weighted by Crippen LogP contribution is -2.39. The molecule has 0 heterocycles. The maximum Gasteiger partial charge on any atom is 0.453 e. The monoisotopic (exact) mass is 263 g/mol. The smallest absolute Gasteiger partial charge is 0.453 e. The van der Waals surface area contributed by atoms with Gasteiger partial charge < -0.3 is 5.11 Å². The summed E-state index contributed by atoms with van der Waals surface area (Å²) in [6, 6.07) is 7.09. The quantitative estimate of drug-likeness (QED) is 0.570. The summed E-state index contributed by atoms with van der Waals surface area (Å²) in [7, 11) is -5.22. The van der Waals surface area contributed by atoms with Crippen molar-refractivity contribution in [2.45, 2.75) is 12.5 Å². The van der Waals surface area contributed by atoms with Gasteiger partial charge in [-0.25, -0.2) is 0 Å². The molecule has 0 bridgehead atoms. The van der Waals surface area contributed by atoms with Gasteiger partial charge in [-0.05, 0) is 5.56 Å². The first-order valence-corrected chi connectivity index (χ1v) is 5.84. The van der Waals surface area contributed by atoms with E-state index in [1.165, 1.54) is 0 Å². The molecule has 6 nitrogen and oxygen atoms in total. The molecule has 0 saturated carbocycles. The van der Waals surface area contributed by atoms with E-state index in [-0.39, 0.29) is 6.42 Å². The van der Waals surface area contributed by atoms with Gasteiger partial charge >= 0.3 is 16.5 Å². The minimum absolute atomic E-state index is 0.0360. The highest BCUT2D eigenvalue weighted by molar-refractivity contribution is 7.81. The molecule has 0 unspecified atom stereocenters. The van der Waals surface area contributed by atoms with Gasteiger partial charge in [0.15, 0.2) is 0 Å². The third kappa shape index (κ3) is 5.38. The van der Waals surface area contributed by atoms with E-state index in [1.54, 1.807) is 35.8 Å². The van der Waals surface area contributed by atoms with E-state index in [1.807, 2.05) is 0 Å². The van der Waals surface area contributed by atoms with Crippen LogP contribution in [0, 0.1) is 0 Å². The number of nitrogens with one attached hydrogen (secondary N) is 1. The molecule has 8 heteroatoms. The van der Waals surface area contributed by atoms with Gasteiger partial charge in [-0.15, -0.1) is 0 Å². The maximum absolute atomic E-state index is 12.0. The van der Waals surface area contributed by atoms with Crippen molar-refractivity contribution in [3.8, 4) is 0 Å². The molecule has 0 spiro atoms. The molecule has 0 amide bonds. The molecule has 0 fully saturated rings. The molecule has 1 aromatic rings. The second-order valence-corrected chi connectivity index (χ2v) is 4.13. The fourth-order valence-corrected chi connectivity index (χ4v) is 1.38. The number of hydrogen-bond donors (Lipinski definition) is 2. The van der Waals surface area contributed by atoms with E-state index in [9.17, 15) is 17.1 Å². The predicted octanol–water partition coefficient (Wildman–Crippen LogP) is 0.418. The fraction of sp³-hybridized carbons (Fsp3) is 0.222. The van der Waals surface area contributed by atoms with Gasteiger partial charge in [0.25, 0.3) is 0 Å². The van der Waals surface area contributed by atoms with Gasteiger partial charge in [-0.1, -0.05) is 34.2 Å². The van der Waals surface area contributed by atoms with Crippen molar-refractivity contribution in [2.75, 3.05) is 0 Å². The van der Waals surface area contributed by atoms with E-state index in [4.69, 9.17) is 5.11 Å². The summed E-state index contributed by atoms with van der Waals surface area (Å²) in [5, 5.41) is 8.77. The Balaban J connectivity index is 2.65. The average molecular weight is 263 g/mol. The topological polar surface area (TPSA) is 92.7 Å². The van der Waals surface area contributed by atoms with Crippen molar-refractivity contribution >= 4 is 16.5 Å². The van der Waals surface area contributed by atoms with Crippen LogP contribution in [0.4, 0.5) is 3.89 Å². The largest absolute Gasteiger partial charge is 0.480 e. The van der Waals surface area contributed by atoms with Crippen LogP contribution in [0.5, 0.6) is 0 Å². The van der Waals surface area contributed by atoms with Crippen molar-refractivity contribution in [3.63, 3.8) is 0 Å². The lowest BCUT2D eigenvalue weighted by Gasteiger charge is -2.11. The number of aliphatic carboxylic acids is 1. The van der Waals surface area contributed by atoms with Gasteiger partial charge in [-0.3, -0.25) is 4.79 Å². The van der Waals surface area contributed by atoms with Crippen LogP contribution in [0.25, 0.3) is 0 Å². The first kappa shape index (κ1) is 13.6. The zero-order valence-electron chi connectivity index (χ0n) is 8.54. The number of rotatable bonds is 6. The highest BCUT2D eigenvalue weighted by atomic mass is 32.3. The summed E-state index contributed by atoms with van der Waals surface area (Å²) in [5.74, 6) is -1.35. The van der Waals surface area contributed by atoms with Crippen LogP contribution in [0.1, 0.15) is 5.56 Å². The fourth-order valence-electron chi connectivity index (χ4n) is 1.14. The minimum Gasteiger partial charge on any atom is -0.480 e. The number of carbonyl (C=O) groups is 1. The zero-order chi connectivity index (χ0) is 12.9. The number of hydrogen-bond acceptors (Lipinski definition) is 5. The Labute approximate surface area is 97.4 Å². The molecular weight excluding hydrogens is 253 g/mol. The Morgan fingerprint density at radius 1 is 1.41 bits per heavy atom. The molecule has 2 N–H and O–H groups in total. The zero-order valence-corrected chi connectivity index (χ0v) is 9.35. The van der Waals surface area contributed by atoms with E-state index in [0.29, 0.717) is 5.56 Å². The number of carboxylic acids is 1. The van der Waals surface area contributed by atoms with Crippen LogP contribution in [0.2, 0.25) is 0 Å². The maximum atomic E-state index is 12.0. The van der Waals surface area contributed by atoms with E-state index < -0.39 is 22.5 Å². The van der Waals surface area contributed by atoms with E-state index >= 15 is 0 Å². The van der Waals surface area contributed by atoms with Gasteiger partial charge in [-0.2, -0.15) is 18.2 Å².